The molecule has 2 aliphatic rings. The van der Waals surface area contributed by atoms with Crippen LogP contribution in [-0.2, 0) is 32.4 Å². The number of benzene rings is 1. The largest absolute Gasteiger partial charge is 0.462 e. The lowest BCUT2D eigenvalue weighted by Gasteiger charge is -2.16. The number of ether oxygens (including phenoxy) is 1. The van der Waals surface area contributed by atoms with Gasteiger partial charge < -0.3 is 15.4 Å². The first kappa shape index (κ1) is 22.8. The van der Waals surface area contributed by atoms with Crippen molar-refractivity contribution in [2.45, 2.75) is 43.9 Å². The molecule has 0 radical (unpaired) electrons. The zero-order valence-electron chi connectivity index (χ0n) is 18.0. The molecule has 1 aromatic carbocycles. The monoisotopic (exact) mass is 477 g/mol. The molecule has 2 N–H and O–H groups in total. The summed E-state index contributed by atoms with van der Waals surface area (Å²) in [6.07, 6.45) is 4.46. The van der Waals surface area contributed by atoms with Crippen LogP contribution < -0.4 is 10.6 Å². The SMILES string of the molecule is CCOC(=O)c1c(NC(=O)CNc2cccc(S(=O)(=O)N3CCCC3)c2)sc2c1CCC2. The van der Waals surface area contributed by atoms with Crippen LogP contribution in [-0.4, -0.2) is 50.8 Å². The number of hydrogen-bond donors (Lipinski definition) is 2. The van der Waals surface area contributed by atoms with E-state index in [-0.39, 0.29) is 24.0 Å². The highest BCUT2D eigenvalue weighted by atomic mass is 32.2. The molecular weight excluding hydrogens is 450 g/mol. The molecule has 1 aliphatic carbocycles. The first-order valence-electron chi connectivity index (χ1n) is 10.9. The molecule has 1 saturated heterocycles. The van der Waals surface area contributed by atoms with Gasteiger partial charge in [0.2, 0.25) is 15.9 Å². The van der Waals surface area contributed by atoms with E-state index >= 15 is 0 Å². The molecule has 0 bridgehead atoms. The lowest BCUT2D eigenvalue weighted by molar-refractivity contribution is -0.114. The lowest BCUT2D eigenvalue weighted by atomic mass is 10.1. The Hall–Kier alpha value is -2.43. The van der Waals surface area contributed by atoms with E-state index in [9.17, 15) is 18.0 Å². The van der Waals surface area contributed by atoms with Gasteiger partial charge in [-0.1, -0.05) is 6.07 Å². The third-order valence-corrected chi connectivity index (χ3v) is 8.75. The minimum absolute atomic E-state index is 0.0575. The minimum atomic E-state index is -3.52. The number of sulfonamides is 1. The fourth-order valence-electron chi connectivity index (χ4n) is 4.11. The summed E-state index contributed by atoms with van der Waals surface area (Å²) in [5, 5.41) is 6.33. The summed E-state index contributed by atoms with van der Waals surface area (Å²) < 4.78 is 32.2. The van der Waals surface area contributed by atoms with Gasteiger partial charge in [0, 0.05) is 23.7 Å². The number of fused-ring (bicyclic) bond motifs is 1. The number of amides is 1. The number of hydrogen-bond acceptors (Lipinski definition) is 7. The van der Waals surface area contributed by atoms with E-state index in [0.29, 0.717) is 29.3 Å². The maximum atomic E-state index is 12.8. The van der Waals surface area contributed by atoms with E-state index in [1.54, 1.807) is 31.2 Å². The molecule has 2 aromatic rings. The van der Waals surface area contributed by atoms with Crippen LogP contribution in [0.25, 0.3) is 0 Å². The third kappa shape index (κ3) is 4.67. The fourth-order valence-corrected chi connectivity index (χ4v) is 6.97. The Bertz CT molecular complexity index is 1120. The van der Waals surface area contributed by atoms with Gasteiger partial charge in [-0.2, -0.15) is 4.31 Å². The van der Waals surface area contributed by atoms with Crippen molar-refractivity contribution in [2.24, 2.45) is 0 Å². The molecule has 0 spiro atoms. The molecule has 1 aromatic heterocycles. The Balaban J connectivity index is 1.43. The van der Waals surface area contributed by atoms with Gasteiger partial charge in [-0.3, -0.25) is 4.79 Å². The van der Waals surface area contributed by atoms with Crippen LogP contribution >= 0.6 is 11.3 Å². The van der Waals surface area contributed by atoms with Crippen molar-refractivity contribution in [1.82, 2.24) is 4.31 Å². The van der Waals surface area contributed by atoms with Crippen molar-refractivity contribution in [1.29, 1.82) is 0 Å². The summed E-state index contributed by atoms with van der Waals surface area (Å²) in [7, 11) is -3.52. The molecule has 8 nitrogen and oxygen atoms in total. The predicted octanol–water partition coefficient (Wildman–Crippen LogP) is 3.25. The Morgan fingerprint density at radius 3 is 2.69 bits per heavy atom. The first-order chi connectivity index (χ1) is 15.4. The van der Waals surface area contributed by atoms with Crippen LogP contribution in [0.15, 0.2) is 29.2 Å². The third-order valence-electron chi connectivity index (χ3n) is 5.64. The maximum Gasteiger partial charge on any atom is 0.341 e. The second-order valence-corrected chi connectivity index (χ2v) is 10.9. The van der Waals surface area contributed by atoms with Crippen LogP contribution in [0, 0.1) is 0 Å². The average Bonchev–Trinajstić information content (AvgIpc) is 3.50. The molecule has 1 fully saturated rings. The number of thiophene rings is 1. The number of esters is 1. The second-order valence-electron chi connectivity index (χ2n) is 7.82. The standard InChI is InChI=1S/C22H27N3O5S2/c1-2-30-22(27)20-17-9-6-10-18(17)31-21(20)24-19(26)14-23-15-7-5-8-16(13-15)32(28,29)25-11-3-4-12-25/h5,7-8,13,23H,2-4,6,9-12,14H2,1H3,(H,24,26). The summed E-state index contributed by atoms with van der Waals surface area (Å²) in [6.45, 7) is 3.05. The van der Waals surface area contributed by atoms with Crippen LogP contribution in [0.3, 0.4) is 0 Å². The van der Waals surface area contributed by atoms with Gasteiger partial charge in [0.15, 0.2) is 0 Å². The van der Waals surface area contributed by atoms with Gasteiger partial charge in [0.25, 0.3) is 0 Å². The van der Waals surface area contributed by atoms with Gasteiger partial charge in [-0.05, 0) is 62.8 Å². The van der Waals surface area contributed by atoms with Crippen LogP contribution in [0.1, 0.15) is 47.0 Å². The van der Waals surface area contributed by atoms with E-state index in [0.717, 1.165) is 42.5 Å². The van der Waals surface area contributed by atoms with Gasteiger partial charge >= 0.3 is 5.97 Å². The smallest absolute Gasteiger partial charge is 0.341 e. The summed E-state index contributed by atoms with van der Waals surface area (Å²) in [5.41, 5.74) is 1.99. The van der Waals surface area contributed by atoms with E-state index < -0.39 is 16.0 Å². The first-order valence-corrected chi connectivity index (χ1v) is 13.1. The molecule has 32 heavy (non-hydrogen) atoms. The van der Waals surface area contributed by atoms with Gasteiger partial charge in [-0.25, -0.2) is 13.2 Å². The van der Waals surface area contributed by atoms with Crippen molar-refractivity contribution < 1.29 is 22.7 Å². The normalized spacial score (nSPS) is 16.0. The van der Waals surface area contributed by atoms with Crippen molar-refractivity contribution in [3.8, 4) is 0 Å². The molecule has 0 atom stereocenters. The fraction of sp³-hybridized carbons (Fsp3) is 0.455. The maximum absolute atomic E-state index is 12.8. The van der Waals surface area contributed by atoms with Crippen molar-refractivity contribution in [2.75, 3.05) is 36.9 Å². The number of nitrogens with zero attached hydrogens (tertiary/aromatic N) is 1. The molecule has 1 amide bonds. The zero-order chi connectivity index (χ0) is 22.7. The quantitative estimate of drug-likeness (QED) is 0.566. The predicted molar refractivity (Wildman–Crippen MR) is 124 cm³/mol. The topological polar surface area (TPSA) is 105 Å². The van der Waals surface area contributed by atoms with E-state index in [1.807, 2.05) is 0 Å². The summed E-state index contributed by atoms with van der Waals surface area (Å²) in [6, 6.07) is 6.49. The molecule has 2 heterocycles. The summed E-state index contributed by atoms with van der Waals surface area (Å²) in [4.78, 5) is 26.4. The molecule has 0 unspecified atom stereocenters. The second kappa shape index (κ2) is 9.60. The molecular formula is C22H27N3O5S2. The Kier molecular flexibility index (Phi) is 6.82. The Labute approximate surface area is 192 Å². The lowest BCUT2D eigenvalue weighted by Crippen LogP contribution is -2.28. The number of rotatable bonds is 8. The number of carbonyl (C=O) groups excluding carboxylic acids is 2. The zero-order valence-corrected chi connectivity index (χ0v) is 19.6. The van der Waals surface area contributed by atoms with Crippen LogP contribution in [0.5, 0.6) is 0 Å². The van der Waals surface area contributed by atoms with E-state index in [1.165, 1.54) is 15.6 Å². The van der Waals surface area contributed by atoms with E-state index in [4.69, 9.17) is 4.74 Å². The highest BCUT2D eigenvalue weighted by molar-refractivity contribution is 7.89. The van der Waals surface area contributed by atoms with Crippen molar-refractivity contribution in [3.05, 3.63) is 40.3 Å². The molecule has 10 heteroatoms. The van der Waals surface area contributed by atoms with Gasteiger partial charge in [0.1, 0.15) is 5.00 Å². The summed E-state index contributed by atoms with van der Waals surface area (Å²) >= 11 is 1.43. The average molecular weight is 478 g/mol. The number of anilines is 2. The van der Waals surface area contributed by atoms with Crippen LogP contribution in [0.4, 0.5) is 10.7 Å². The van der Waals surface area contributed by atoms with E-state index in [2.05, 4.69) is 10.6 Å². The molecule has 172 valence electrons. The van der Waals surface area contributed by atoms with Gasteiger partial charge in [-0.15, -0.1) is 11.3 Å². The number of carbonyl (C=O) groups is 2. The summed E-state index contributed by atoms with van der Waals surface area (Å²) in [5.74, 6) is -0.724. The highest BCUT2D eigenvalue weighted by Crippen LogP contribution is 2.39. The molecule has 4 rings (SSSR count). The van der Waals surface area contributed by atoms with Crippen molar-refractivity contribution in [3.63, 3.8) is 0 Å². The van der Waals surface area contributed by atoms with Gasteiger partial charge in [0.05, 0.1) is 23.6 Å². The molecule has 1 aliphatic heterocycles. The molecule has 0 saturated carbocycles. The minimum Gasteiger partial charge on any atom is -0.462 e. The number of aryl methyl sites for hydroxylation is 1. The highest BCUT2D eigenvalue weighted by Gasteiger charge is 2.29. The van der Waals surface area contributed by atoms with Crippen molar-refractivity contribution >= 4 is 43.9 Å². The Morgan fingerprint density at radius 1 is 1.16 bits per heavy atom. The number of nitrogens with one attached hydrogen (secondary N) is 2. The van der Waals surface area contributed by atoms with Crippen LogP contribution in [0.2, 0.25) is 0 Å². The Morgan fingerprint density at radius 2 is 1.94 bits per heavy atom.